The molecule has 2 heterocycles. The highest BCUT2D eigenvalue weighted by Crippen LogP contribution is 2.50. The Morgan fingerprint density at radius 1 is 1.21 bits per heavy atom. The van der Waals surface area contributed by atoms with Crippen LogP contribution in [0.2, 0.25) is 0 Å². The van der Waals surface area contributed by atoms with Crippen LogP contribution in [0, 0.1) is 13.8 Å². The van der Waals surface area contributed by atoms with Crippen molar-refractivity contribution in [3.8, 4) is 11.5 Å². The zero-order chi connectivity index (χ0) is 28.2. The molecule has 6 heteroatoms. The van der Waals surface area contributed by atoms with Gasteiger partial charge in [-0.3, -0.25) is 4.99 Å². The highest BCUT2D eigenvalue weighted by atomic mass is 16.5. The van der Waals surface area contributed by atoms with Crippen molar-refractivity contribution in [2.45, 2.75) is 90.9 Å². The van der Waals surface area contributed by atoms with Crippen molar-refractivity contribution in [2.24, 2.45) is 4.99 Å². The summed E-state index contributed by atoms with van der Waals surface area (Å²) in [6.45, 7) is 12.9. The average molecular weight is 534 g/mol. The summed E-state index contributed by atoms with van der Waals surface area (Å²) in [5.74, 6) is 2.68. The van der Waals surface area contributed by atoms with Gasteiger partial charge in [0.25, 0.3) is 0 Å². The number of hydrogen-bond acceptors (Lipinski definition) is 6. The fraction of sp³-hybridized carbons (Fsp3) is 0.545. The van der Waals surface area contributed by atoms with E-state index in [4.69, 9.17) is 9.47 Å². The summed E-state index contributed by atoms with van der Waals surface area (Å²) in [4.78, 5) is 6.76. The maximum Gasteiger partial charge on any atom is 0.172 e. The maximum atomic E-state index is 10.9. The van der Waals surface area contributed by atoms with Gasteiger partial charge in [0.15, 0.2) is 11.5 Å². The number of ether oxygens (including phenoxy) is 2. The lowest BCUT2D eigenvalue weighted by Crippen LogP contribution is -2.39. The van der Waals surface area contributed by atoms with Crippen LogP contribution < -0.4 is 19.7 Å². The van der Waals surface area contributed by atoms with E-state index in [1.54, 1.807) is 13.3 Å². The molecule has 0 spiro atoms. The van der Waals surface area contributed by atoms with Crippen LogP contribution in [0.1, 0.15) is 80.2 Å². The molecule has 0 aromatic heterocycles. The second-order valence-electron chi connectivity index (χ2n) is 11.6. The number of aliphatic imine (C=N–C) groups is 1. The zero-order valence-electron chi connectivity index (χ0n) is 24.9. The fourth-order valence-electron chi connectivity index (χ4n) is 6.08. The molecule has 2 aliphatic rings. The van der Waals surface area contributed by atoms with Gasteiger partial charge < -0.3 is 24.8 Å². The van der Waals surface area contributed by atoms with E-state index < -0.39 is 5.60 Å². The predicted molar refractivity (Wildman–Crippen MR) is 162 cm³/mol. The van der Waals surface area contributed by atoms with Crippen molar-refractivity contribution in [3.63, 3.8) is 0 Å². The van der Waals surface area contributed by atoms with Crippen LogP contribution in [-0.4, -0.2) is 50.2 Å². The summed E-state index contributed by atoms with van der Waals surface area (Å²) in [5.41, 5.74) is 6.62. The first-order chi connectivity index (χ1) is 18.7. The van der Waals surface area contributed by atoms with Crippen molar-refractivity contribution in [2.75, 3.05) is 32.1 Å². The molecule has 0 aliphatic carbocycles. The smallest absolute Gasteiger partial charge is 0.172 e. The zero-order valence-corrected chi connectivity index (χ0v) is 24.9. The third-order valence-corrected chi connectivity index (χ3v) is 8.12. The van der Waals surface area contributed by atoms with E-state index in [0.717, 1.165) is 73.7 Å². The van der Waals surface area contributed by atoms with Crippen LogP contribution in [0.25, 0.3) is 0 Å². The number of allylic oxidation sites excluding steroid dienone is 2. The van der Waals surface area contributed by atoms with Crippen molar-refractivity contribution >= 4 is 11.9 Å². The Morgan fingerprint density at radius 2 is 1.95 bits per heavy atom. The summed E-state index contributed by atoms with van der Waals surface area (Å²) in [5, 5.41) is 14.3. The van der Waals surface area contributed by atoms with Crippen molar-refractivity contribution < 1.29 is 14.6 Å². The quantitative estimate of drug-likeness (QED) is 0.295. The van der Waals surface area contributed by atoms with Crippen LogP contribution in [0.15, 0.2) is 41.1 Å². The van der Waals surface area contributed by atoms with Crippen molar-refractivity contribution in [3.05, 3.63) is 63.9 Å². The van der Waals surface area contributed by atoms with Gasteiger partial charge in [0, 0.05) is 44.4 Å². The molecule has 0 saturated carbocycles. The second-order valence-corrected chi connectivity index (χ2v) is 11.6. The molecule has 0 amide bonds. The van der Waals surface area contributed by atoms with E-state index >= 15 is 0 Å². The number of hydrogen-bond donors (Lipinski definition) is 2. The van der Waals surface area contributed by atoms with Gasteiger partial charge in [-0.15, -0.1) is 0 Å². The van der Waals surface area contributed by atoms with Crippen LogP contribution in [-0.2, 0) is 13.0 Å². The standard InChI is InChI=1S/C33H47N3O3/c1-8-10-26(20-34-6)38-31-23(3)30(28(21-35-7)27-19-29(33(4,5)37)39-32(27)31)24-11-9-17-36(18-16-24)25-14-12-22(2)13-15-25/h10,12-15,20,24,29,35,37H,8-9,11,16-19,21H2,1-7H3/b26-10+,34-20?. The molecule has 0 radical (unpaired) electrons. The molecule has 2 aliphatic heterocycles. The molecule has 2 aromatic carbocycles. The molecule has 2 N–H and O–H groups in total. The molecular formula is C33H47N3O3. The Hall–Kier alpha value is -2.83. The second kappa shape index (κ2) is 12.6. The van der Waals surface area contributed by atoms with Crippen LogP contribution >= 0.6 is 0 Å². The normalized spacial score (nSPS) is 20.2. The monoisotopic (exact) mass is 533 g/mol. The summed E-state index contributed by atoms with van der Waals surface area (Å²) in [6, 6.07) is 8.91. The molecule has 39 heavy (non-hydrogen) atoms. The lowest BCUT2D eigenvalue weighted by atomic mass is 9.81. The average Bonchev–Trinajstić information content (AvgIpc) is 3.21. The van der Waals surface area contributed by atoms with Gasteiger partial charge in [-0.25, -0.2) is 0 Å². The largest absolute Gasteiger partial charge is 0.483 e. The fourth-order valence-corrected chi connectivity index (χ4v) is 6.08. The molecule has 6 nitrogen and oxygen atoms in total. The van der Waals surface area contributed by atoms with Crippen LogP contribution in [0.4, 0.5) is 5.69 Å². The number of nitrogens with zero attached hydrogens (tertiary/aromatic N) is 2. The number of rotatable bonds is 9. The summed E-state index contributed by atoms with van der Waals surface area (Å²) in [7, 11) is 3.77. The van der Waals surface area contributed by atoms with Gasteiger partial charge in [-0.1, -0.05) is 24.6 Å². The third kappa shape index (κ3) is 6.50. The minimum Gasteiger partial charge on any atom is -0.483 e. The molecule has 4 rings (SSSR count). The van der Waals surface area contributed by atoms with Crippen molar-refractivity contribution in [1.82, 2.24) is 5.32 Å². The first kappa shape index (κ1) is 29.2. The molecule has 1 saturated heterocycles. The van der Waals surface area contributed by atoms with Gasteiger partial charge in [-0.05, 0) is 101 Å². The lowest BCUT2D eigenvalue weighted by Gasteiger charge is -2.27. The van der Waals surface area contributed by atoms with Gasteiger partial charge in [0.2, 0.25) is 0 Å². The van der Waals surface area contributed by atoms with Gasteiger partial charge in [0.05, 0.1) is 11.8 Å². The first-order valence-corrected chi connectivity index (χ1v) is 14.5. The predicted octanol–water partition coefficient (Wildman–Crippen LogP) is 6.24. The number of nitrogens with one attached hydrogen (secondary N) is 1. The van der Waals surface area contributed by atoms with E-state index in [1.165, 1.54) is 22.4 Å². The molecular weight excluding hydrogens is 486 g/mol. The van der Waals surface area contributed by atoms with E-state index in [-0.39, 0.29) is 6.10 Å². The molecule has 0 bridgehead atoms. The van der Waals surface area contributed by atoms with E-state index in [2.05, 4.69) is 60.2 Å². The van der Waals surface area contributed by atoms with Gasteiger partial charge in [0.1, 0.15) is 11.9 Å². The van der Waals surface area contributed by atoms with E-state index in [0.29, 0.717) is 12.3 Å². The highest BCUT2D eigenvalue weighted by molar-refractivity contribution is 5.77. The summed E-state index contributed by atoms with van der Waals surface area (Å²) >= 11 is 0. The molecule has 2 atom stereocenters. The number of fused-ring (bicyclic) bond motifs is 1. The highest BCUT2D eigenvalue weighted by Gasteiger charge is 2.40. The Morgan fingerprint density at radius 3 is 2.59 bits per heavy atom. The minimum absolute atomic E-state index is 0.329. The maximum absolute atomic E-state index is 10.9. The number of anilines is 1. The number of aliphatic hydroxyl groups is 1. The lowest BCUT2D eigenvalue weighted by molar-refractivity contribution is -0.0235. The number of aryl methyl sites for hydroxylation is 1. The summed E-state index contributed by atoms with van der Waals surface area (Å²) < 4.78 is 13.1. The molecule has 1 fully saturated rings. The Balaban J connectivity index is 1.78. The van der Waals surface area contributed by atoms with E-state index in [1.807, 2.05) is 27.0 Å². The number of benzene rings is 2. The van der Waals surface area contributed by atoms with Gasteiger partial charge >= 0.3 is 0 Å². The minimum atomic E-state index is -0.967. The Bertz CT molecular complexity index is 1190. The van der Waals surface area contributed by atoms with E-state index in [9.17, 15) is 5.11 Å². The summed E-state index contributed by atoms with van der Waals surface area (Å²) in [6.07, 6.45) is 8.34. The third-order valence-electron chi connectivity index (χ3n) is 8.12. The molecule has 2 aromatic rings. The van der Waals surface area contributed by atoms with Crippen LogP contribution in [0.3, 0.4) is 0 Å². The van der Waals surface area contributed by atoms with Gasteiger partial charge in [-0.2, -0.15) is 0 Å². The van der Waals surface area contributed by atoms with Crippen LogP contribution in [0.5, 0.6) is 11.5 Å². The topological polar surface area (TPSA) is 66.3 Å². The SMILES string of the molecule is CC/C=C(\C=NC)Oc1c(C)c(C2CCCN(c3ccc(C)cc3)CC2)c(CNC)c2c1OC(C(C)(C)O)C2. The first-order valence-electron chi connectivity index (χ1n) is 14.5. The molecule has 2 unspecified atom stereocenters. The Kier molecular flexibility index (Phi) is 9.39. The van der Waals surface area contributed by atoms with Crippen molar-refractivity contribution in [1.29, 1.82) is 0 Å². The Labute approximate surface area is 235 Å². The molecule has 212 valence electrons.